The molecule has 7 nitrogen and oxygen atoms in total. The van der Waals surface area contributed by atoms with Gasteiger partial charge < -0.3 is 15.6 Å². The van der Waals surface area contributed by atoms with E-state index in [-0.39, 0.29) is 16.8 Å². The van der Waals surface area contributed by atoms with Crippen LogP contribution in [-0.2, 0) is 4.74 Å². The van der Waals surface area contributed by atoms with Crippen molar-refractivity contribution in [2.75, 3.05) is 13.7 Å². The number of esters is 1. The monoisotopic (exact) mass is 240 g/mol. The number of aliphatic hydroxyl groups excluding tert-OH is 1. The number of nitro groups is 1. The van der Waals surface area contributed by atoms with Crippen LogP contribution in [0.4, 0.5) is 5.69 Å². The Balaban J connectivity index is 3.26. The maximum Gasteiger partial charge on any atom is 0.338 e. The zero-order chi connectivity index (χ0) is 13.0. The van der Waals surface area contributed by atoms with Gasteiger partial charge in [-0.15, -0.1) is 0 Å². The van der Waals surface area contributed by atoms with E-state index in [1.165, 1.54) is 19.2 Å². The number of nitro benzene ring substituents is 1. The van der Waals surface area contributed by atoms with Crippen LogP contribution < -0.4 is 5.73 Å². The van der Waals surface area contributed by atoms with E-state index in [9.17, 15) is 14.9 Å². The number of ether oxygens (including phenoxy) is 1. The van der Waals surface area contributed by atoms with Crippen molar-refractivity contribution in [3.63, 3.8) is 0 Å². The number of benzene rings is 1. The lowest BCUT2D eigenvalue weighted by molar-refractivity contribution is -0.385. The van der Waals surface area contributed by atoms with Gasteiger partial charge in [-0.3, -0.25) is 10.1 Å². The van der Waals surface area contributed by atoms with Crippen molar-refractivity contribution >= 4 is 11.7 Å². The molecule has 0 spiro atoms. The highest BCUT2D eigenvalue weighted by Gasteiger charge is 2.21. The van der Waals surface area contributed by atoms with Crippen molar-refractivity contribution in [1.82, 2.24) is 0 Å². The molecular weight excluding hydrogens is 228 g/mol. The molecule has 1 atom stereocenters. The highest BCUT2D eigenvalue weighted by molar-refractivity contribution is 5.90. The smallest absolute Gasteiger partial charge is 0.338 e. The van der Waals surface area contributed by atoms with Crippen molar-refractivity contribution in [2.45, 2.75) is 6.04 Å². The summed E-state index contributed by atoms with van der Waals surface area (Å²) in [6, 6.07) is 2.92. The number of rotatable bonds is 4. The molecule has 0 heterocycles. The number of aliphatic hydroxyl groups is 1. The molecule has 0 aliphatic rings. The molecule has 0 aliphatic heterocycles. The first kappa shape index (κ1) is 13.1. The first-order chi connectivity index (χ1) is 8.01. The van der Waals surface area contributed by atoms with Crippen molar-refractivity contribution in [3.05, 3.63) is 39.4 Å². The fourth-order valence-electron chi connectivity index (χ4n) is 1.36. The molecule has 7 heteroatoms. The van der Waals surface area contributed by atoms with E-state index in [2.05, 4.69) is 4.74 Å². The van der Waals surface area contributed by atoms with E-state index in [0.717, 1.165) is 6.07 Å². The van der Waals surface area contributed by atoms with E-state index in [1.54, 1.807) is 0 Å². The van der Waals surface area contributed by atoms with Crippen LogP contribution in [0.3, 0.4) is 0 Å². The second-order valence-electron chi connectivity index (χ2n) is 3.31. The molecule has 1 aromatic carbocycles. The lowest BCUT2D eigenvalue weighted by atomic mass is 10.0. The number of hydrogen-bond donors (Lipinski definition) is 2. The molecule has 17 heavy (non-hydrogen) atoms. The number of carbonyl (C=O) groups is 1. The van der Waals surface area contributed by atoms with Crippen LogP contribution in [0.2, 0.25) is 0 Å². The van der Waals surface area contributed by atoms with Crippen LogP contribution in [0.5, 0.6) is 0 Å². The molecule has 0 saturated carbocycles. The Hall–Kier alpha value is -1.99. The highest BCUT2D eigenvalue weighted by atomic mass is 16.6. The largest absolute Gasteiger partial charge is 0.465 e. The number of nitrogens with two attached hydrogens (primary N) is 1. The molecule has 3 N–H and O–H groups in total. The van der Waals surface area contributed by atoms with Gasteiger partial charge in [-0.2, -0.15) is 0 Å². The Kier molecular flexibility index (Phi) is 4.13. The molecular formula is C10H12N2O5. The predicted molar refractivity (Wildman–Crippen MR) is 58.5 cm³/mol. The summed E-state index contributed by atoms with van der Waals surface area (Å²) in [7, 11) is 1.18. The highest BCUT2D eigenvalue weighted by Crippen LogP contribution is 2.25. The molecule has 0 radical (unpaired) electrons. The van der Waals surface area contributed by atoms with Crippen molar-refractivity contribution in [3.8, 4) is 0 Å². The van der Waals surface area contributed by atoms with Gasteiger partial charge in [0.15, 0.2) is 0 Å². The average Bonchev–Trinajstić information content (AvgIpc) is 2.35. The minimum atomic E-state index is -0.859. The number of methoxy groups -OCH3 is 1. The molecule has 0 aromatic heterocycles. The first-order valence-electron chi connectivity index (χ1n) is 4.74. The van der Waals surface area contributed by atoms with Gasteiger partial charge in [0, 0.05) is 11.6 Å². The summed E-state index contributed by atoms with van der Waals surface area (Å²) >= 11 is 0. The predicted octanol–water partition coefficient (Wildman–Crippen LogP) is 0.374. The lowest BCUT2D eigenvalue weighted by Crippen LogP contribution is -2.16. The Labute approximate surface area is 97.0 Å². The summed E-state index contributed by atoms with van der Waals surface area (Å²) in [5.74, 6) is -0.669. The topological polar surface area (TPSA) is 116 Å². The van der Waals surface area contributed by atoms with Gasteiger partial charge in [0.05, 0.1) is 30.2 Å². The van der Waals surface area contributed by atoms with Gasteiger partial charge in [-0.25, -0.2) is 4.79 Å². The Morgan fingerprint density at radius 1 is 1.65 bits per heavy atom. The number of nitrogens with zero attached hydrogens (tertiary/aromatic N) is 1. The third kappa shape index (κ3) is 2.77. The lowest BCUT2D eigenvalue weighted by Gasteiger charge is -2.09. The minimum absolute atomic E-state index is 0.0630. The van der Waals surface area contributed by atoms with E-state index in [0.29, 0.717) is 0 Å². The molecule has 0 unspecified atom stereocenters. The Bertz CT molecular complexity index is 446. The normalized spacial score (nSPS) is 11.9. The summed E-state index contributed by atoms with van der Waals surface area (Å²) in [4.78, 5) is 21.4. The van der Waals surface area contributed by atoms with Crippen LogP contribution in [-0.4, -0.2) is 29.7 Å². The van der Waals surface area contributed by atoms with Gasteiger partial charge in [-0.1, -0.05) is 0 Å². The number of hydrogen-bond acceptors (Lipinski definition) is 6. The van der Waals surface area contributed by atoms with Gasteiger partial charge in [0.1, 0.15) is 0 Å². The van der Waals surface area contributed by atoms with Crippen LogP contribution in [0, 0.1) is 10.1 Å². The van der Waals surface area contributed by atoms with Crippen LogP contribution >= 0.6 is 0 Å². The van der Waals surface area contributed by atoms with Gasteiger partial charge in [0.25, 0.3) is 5.69 Å². The van der Waals surface area contributed by atoms with E-state index < -0.39 is 23.5 Å². The molecule has 0 amide bonds. The van der Waals surface area contributed by atoms with Gasteiger partial charge in [-0.05, 0) is 12.1 Å². The third-order valence-electron chi connectivity index (χ3n) is 2.24. The second-order valence-corrected chi connectivity index (χ2v) is 3.31. The molecule has 1 aromatic rings. The maximum absolute atomic E-state index is 11.2. The molecule has 92 valence electrons. The molecule has 0 bridgehead atoms. The summed E-state index contributed by atoms with van der Waals surface area (Å²) < 4.78 is 4.46. The maximum atomic E-state index is 11.2. The average molecular weight is 240 g/mol. The molecule has 1 rings (SSSR count). The fourth-order valence-corrected chi connectivity index (χ4v) is 1.36. The van der Waals surface area contributed by atoms with Gasteiger partial charge >= 0.3 is 5.97 Å². The molecule has 0 fully saturated rings. The van der Waals surface area contributed by atoms with Crippen LogP contribution in [0.15, 0.2) is 18.2 Å². The zero-order valence-corrected chi connectivity index (χ0v) is 9.12. The van der Waals surface area contributed by atoms with Gasteiger partial charge in [0.2, 0.25) is 0 Å². The fraction of sp³-hybridized carbons (Fsp3) is 0.300. The van der Waals surface area contributed by atoms with Crippen molar-refractivity contribution in [2.24, 2.45) is 5.73 Å². The van der Waals surface area contributed by atoms with Crippen molar-refractivity contribution in [1.29, 1.82) is 0 Å². The van der Waals surface area contributed by atoms with E-state index >= 15 is 0 Å². The number of carbonyl (C=O) groups excluding carboxylic acids is 1. The zero-order valence-electron chi connectivity index (χ0n) is 9.12. The summed E-state index contributed by atoms with van der Waals surface area (Å²) in [6.45, 7) is -0.418. The van der Waals surface area contributed by atoms with Crippen LogP contribution in [0.25, 0.3) is 0 Å². The van der Waals surface area contributed by atoms with Crippen LogP contribution in [0.1, 0.15) is 22.0 Å². The Morgan fingerprint density at radius 3 is 2.76 bits per heavy atom. The molecule has 0 saturated heterocycles. The van der Waals surface area contributed by atoms with E-state index in [4.69, 9.17) is 10.8 Å². The molecule has 0 aliphatic carbocycles. The van der Waals surface area contributed by atoms with E-state index in [1.807, 2.05) is 0 Å². The second kappa shape index (κ2) is 5.37. The van der Waals surface area contributed by atoms with Crippen molar-refractivity contribution < 1.29 is 19.6 Å². The standard InChI is InChI=1S/C10H12N2O5/c1-17-10(14)6-2-3-7(8(11)5-13)9(4-6)12(15)16/h2-4,8,13H,5,11H2,1H3/t8-/m1/s1. The first-order valence-corrected chi connectivity index (χ1v) is 4.74. The summed E-state index contributed by atoms with van der Waals surface area (Å²) in [5, 5.41) is 19.7. The summed E-state index contributed by atoms with van der Waals surface area (Å²) in [6.07, 6.45) is 0. The SMILES string of the molecule is COC(=O)c1ccc([C@H](N)CO)c([N+](=O)[O-])c1. The Morgan fingerprint density at radius 2 is 2.29 bits per heavy atom. The minimum Gasteiger partial charge on any atom is -0.465 e. The quantitative estimate of drug-likeness (QED) is 0.446. The third-order valence-corrected chi connectivity index (χ3v) is 2.24. The summed E-state index contributed by atoms with van der Waals surface area (Å²) in [5.41, 5.74) is 5.44.